The average Bonchev–Trinajstić information content (AvgIpc) is 3.31. The Labute approximate surface area is 239 Å². The summed E-state index contributed by atoms with van der Waals surface area (Å²) in [5.74, 6) is -0.944. The van der Waals surface area contributed by atoms with E-state index in [1.54, 1.807) is 69.3 Å². The van der Waals surface area contributed by atoms with Crippen LogP contribution in [0, 0.1) is 24.2 Å². The summed E-state index contributed by atoms with van der Waals surface area (Å²) in [4.78, 5) is 25.3. The number of fused-ring (bicyclic) bond motifs is 1. The quantitative estimate of drug-likeness (QED) is 0.208. The van der Waals surface area contributed by atoms with Gasteiger partial charge in [-0.25, -0.2) is 4.79 Å². The number of nitrogens with one attached hydrogen (secondary N) is 1. The highest BCUT2D eigenvalue weighted by Crippen LogP contribution is 2.36. The smallest absolute Gasteiger partial charge is 0.329 e. The molecule has 1 heterocycles. The molecule has 0 fully saturated rings. The average molecular weight is 575 g/mol. The van der Waals surface area contributed by atoms with Gasteiger partial charge in [-0.2, -0.15) is 5.26 Å². The van der Waals surface area contributed by atoms with Gasteiger partial charge in [-0.1, -0.05) is 38.1 Å². The van der Waals surface area contributed by atoms with Crippen LogP contribution in [0.15, 0.2) is 65.1 Å². The molecule has 10 nitrogen and oxygen atoms in total. The van der Waals surface area contributed by atoms with Crippen molar-refractivity contribution < 1.29 is 32.2 Å². The fourth-order valence-electron chi connectivity index (χ4n) is 4.65. The van der Waals surface area contributed by atoms with E-state index in [1.165, 1.54) is 14.2 Å². The Hall–Kier alpha value is -4.66. The molecule has 4 rings (SSSR count). The molecule has 1 N–H and O–H groups in total. The van der Waals surface area contributed by atoms with Crippen molar-refractivity contribution >= 4 is 45.5 Å². The van der Waals surface area contributed by atoms with Crippen LogP contribution >= 0.6 is 0 Å². The molecule has 0 bridgehead atoms. The Kier molecular flexibility index (Phi) is 8.76. The van der Waals surface area contributed by atoms with Crippen LogP contribution in [0.25, 0.3) is 22.1 Å². The number of furan rings is 1. The number of carbonyl (C=O) groups is 2. The van der Waals surface area contributed by atoms with E-state index in [4.69, 9.17) is 13.9 Å². The molecule has 0 spiro atoms. The number of methoxy groups -OCH3 is 2. The monoisotopic (exact) mass is 574 g/mol. The fraction of sp³-hybridized carbons (Fsp3) is 0.233. The van der Waals surface area contributed by atoms with Gasteiger partial charge >= 0.3 is 5.97 Å². The summed E-state index contributed by atoms with van der Waals surface area (Å²) in [6.45, 7) is 5.22. The summed E-state index contributed by atoms with van der Waals surface area (Å²) in [5.41, 5.74) is 3.83. The first-order valence-electron chi connectivity index (χ1n) is 12.6. The van der Waals surface area contributed by atoms with Crippen molar-refractivity contribution in [2.75, 3.05) is 23.8 Å². The summed E-state index contributed by atoms with van der Waals surface area (Å²) >= 11 is -2.70. The van der Waals surface area contributed by atoms with Crippen molar-refractivity contribution in [1.29, 1.82) is 5.26 Å². The Morgan fingerprint density at radius 1 is 1.02 bits per heavy atom. The highest BCUT2D eigenvalue weighted by molar-refractivity contribution is 7.80. The van der Waals surface area contributed by atoms with Crippen molar-refractivity contribution in [3.8, 4) is 22.9 Å². The minimum absolute atomic E-state index is 0.111. The minimum Gasteiger partial charge on any atom is -0.755 e. The standard InChI is InChI=1S/C30H29N3O7S/c1-17(2)26(30(35)39-5)33(41(36)37)23-13-8-20(9-14-23)19-6-11-22(12-7-19)32-29(34)27-18(3)25-24(40-27)15-10-21(16-31)28(25)38-4/h6-15,17,26H,1-5H3,(H,32,34)(H,36,37)/p-1. The summed E-state index contributed by atoms with van der Waals surface area (Å²) in [7, 11) is 2.68. The Morgan fingerprint density at radius 3 is 2.15 bits per heavy atom. The third-order valence-electron chi connectivity index (χ3n) is 6.66. The maximum absolute atomic E-state index is 13.0. The molecule has 2 atom stereocenters. The first kappa shape index (κ1) is 29.3. The van der Waals surface area contributed by atoms with Gasteiger partial charge in [0.05, 0.1) is 25.2 Å². The third kappa shape index (κ3) is 5.79. The largest absolute Gasteiger partial charge is 0.755 e. The molecule has 0 aliphatic heterocycles. The number of hydrogen-bond acceptors (Lipinski definition) is 8. The van der Waals surface area contributed by atoms with Crippen LogP contribution in [0.3, 0.4) is 0 Å². The molecule has 11 heteroatoms. The van der Waals surface area contributed by atoms with Crippen LogP contribution in [0.1, 0.15) is 35.5 Å². The lowest BCUT2D eigenvalue weighted by Gasteiger charge is -2.35. The Bertz CT molecular complexity index is 1650. The minimum atomic E-state index is -2.70. The normalized spacial score (nSPS) is 12.4. The molecule has 2 unspecified atom stereocenters. The van der Waals surface area contributed by atoms with E-state index in [9.17, 15) is 23.6 Å². The molecule has 0 aliphatic carbocycles. The second-order valence-electron chi connectivity index (χ2n) is 9.52. The number of nitrogens with zero attached hydrogens (tertiary/aromatic N) is 2. The molecule has 1 aromatic heterocycles. The molecule has 0 saturated heterocycles. The number of anilines is 2. The third-order valence-corrected chi connectivity index (χ3v) is 7.42. The van der Waals surface area contributed by atoms with Gasteiger partial charge in [-0.05, 0) is 60.4 Å². The number of hydrogen-bond donors (Lipinski definition) is 1. The number of esters is 1. The van der Waals surface area contributed by atoms with E-state index in [0.717, 1.165) is 15.4 Å². The van der Waals surface area contributed by atoms with Gasteiger partial charge in [0.1, 0.15) is 23.4 Å². The first-order chi connectivity index (χ1) is 19.6. The van der Waals surface area contributed by atoms with Gasteiger partial charge in [0.15, 0.2) is 5.76 Å². The predicted molar refractivity (Wildman–Crippen MR) is 154 cm³/mol. The van der Waals surface area contributed by atoms with Crippen LogP contribution in [0.5, 0.6) is 5.75 Å². The van der Waals surface area contributed by atoms with Gasteiger partial charge in [0, 0.05) is 28.2 Å². The SMILES string of the molecule is COC(=O)C(C(C)C)N(c1ccc(-c2ccc(NC(=O)c3oc4ccc(C#N)c(OC)c4c3C)cc2)cc1)S(=O)[O-]. The molecule has 3 aromatic carbocycles. The summed E-state index contributed by atoms with van der Waals surface area (Å²) < 4.78 is 41.1. The zero-order chi connectivity index (χ0) is 29.8. The zero-order valence-corrected chi connectivity index (χ0v) is 23.9. The highest BCUT2D eigenvalue weighted by Gasteiger charge is 2.31. The van der Waals surface area contributed by atoms with Gasteiger partial charge in [0.2, 0.25) is 0 Å². The molecule has 212 valence electrons. The first-order valence-corrected chi connectivity index (χ1v) is 13.6. The second-order valence-corrected chi connectivity index (χ2v) is 10.3. The second kappa shape index (κ2) is 12.2. The molecule has 1 amide bonds. The lowest BCUT2D eigenvalue weighted by Crippen LogP contribution is -2.46. The topological polar surface area (TPSA) is 145 Å². The van der Waals surface area contributed by atoms with Gasteiger partial charge in [-0.15, -0.1) is 0 Å². The lowest BCUT2D eigenvalue weighted by atomic mass is 10.0. The van der Waals surface area contributed by atoms with Gasteiger partial charge in [-0.3, -0.25) is 13.3 Å². The highest BCUT2D eigenvalue weighted by atomic mass is 32.2. The van der Waals surface area contributed by atoms with E-state index in [0.29, 0.717) is 39.2 Å². The van der Waals surface area contributed by atoms with E-state index >= 15 is 0 Å². The number of ether oxygens (including phenoxy) is 2. The maximum Gasteiger partial charge on any atom is 0.329 e. The predicted octanol–water partition coefficient (Wildman–Crippen LogP) is 5.34. The van der Waals surface area contributed by atoms with Crippen molar-refractivity contribution in [1.82, 2.24) is 0 Å². The van der Waals surface area contributed by atoms with Gasteiger partial charge in [0.25, 0.3) is 5.91 Å². The number of nitriles is 1. The van der Waals surface area contributed by atoms with Crippen molar-refractivity contribution in [3.63, 3.8) is 0 Å². The molecular weight excluding hydrogens is 546 g/mol. The number of aryl methyl sites for hydroxylation is 1. The van der Waals surface area contributed by atoms with E-state index < -0.39 is 29.2 Å². The number of amides is 1. The maximum atomic E-state index is 13.0. The summed E-state index contributed by atoms with van der Waals surface area (Å²) in [6, 6.07) is 18.1. The summed E-state index contributed by atoms with van der Waals surface area (Å²) in [5, 5.41) is 12.8. The van der Waals surface area contributed by atoms with Crippen LogP contribution < -0.4 is 14.4 Å². The van der Waals surface area contributed by atoms with Crippen molar-refractivity contribution in [3.05, 3.63) is 77.6 Å². The zero-order valence-electron chi connectivity index (χ0n) is 23.1. The molecule has 4 aromatic rings. The number of benzene rings is 3. The lowest BCUT2D eigenvalue weighted by molar-refractivity contribution is -0.142. The molecular formula is C30H28N3O7S-. The summed E-state index contributed by atoms with van der Waals surface area (Å²) in [6.07, 6.45) is 0. The molecule has 0 saturated carbocycles. The van der Waals surface area contributed by atoms with Crippen molar-refractivity contribution in [2.45, 2.75) is 26.8 Å². The number of carbonyl (C=O) groups excluding carboxylic acids is 2. The van der Waals surface area contributed by atoms with Crippen molar-refractivity contribution in [2.24, 2.45) is 5.92 Å². The van der Waals surface area contributed by atoms with E-state index in [2.05, 4.69) is 11.4 Å². The molecule has 0 aliphatic rings. The Morgan fingerprint density at radius 2 is 1.63 bits per heavy atom. The van der Waals surface area contributed by atoms with Gasteiger partial charge < -0.3 is 23.8 Å². The van der Waals surface area contributed by atoms with Crippen LogP contribution in [-0.2, 0) is 20.8 Å². The van der Waals surface area contributed by atoms with Crippen LogP contribution in [-0.4, -0.2) is 40.9 Å². The Balaban J connectivity index is 1.54. The molecule has 0 radical (unpaired) electrons. The molecule has 41 heavy (non-hydrogen) atoms. The van der Waals surface area contributed by atoms with E-state index in [1.807, 2.05) is 12.1 Å². The van der Waals surface area contributed by atoms with E-state index in [-0.39, 0.29) is 11.7 Å². The van der Waals surface area contributed by atoms with Crippen LogP contribution in [0.2, 0.25) is 0 Å². The number of rotatable bonds is 9. The van der Waals surface area contributed by atoms with Crippen LogP contribution in [0.4, 0.5) is 11.4 Å². The fourth-order valence-corrected chi connectivity index (χ4v) is 5.46.